The molecule has 106 valence electrons. The van der Waals surface area contributed by atoms with Gasteiger partial charge in [-0.05, 0) is 38.8 Å². The summed E-state index contributed by atoms with van der Waals surface area (Å²) in [7, 11) is 1.88. The Kier molecular flexibility index (Phi) is 7.28. The molecule has 0 spiro atoms. The fourth-order valence-electron chi connectivity index (χ4n) is 2.16. The van der Waals surface area contributed by atoms with Crippen molar-refractivity contribution in [1.82, 2.24) is 9.80 Å². The summed E-state index contributed by atoms with van der Waals surface area (Å²) in [6.45, 7) is 5.74. The molecule has 1 saturated carbocycles. The van der Waals surface area contributed by atoms with Crippen LogP contribution in [0.5, 0.6) is 0 Å². The average Bonchev–Trinajstić information content (AvgIpc) is 3.20. The normalized spacial score (nSPS) is 15.1. The Morgan fingerprint density at radius 1 is 1.22 bits per heavy atom. The summed E-state index contributed by atoms with van der Waals surface area (Å²) < 4.78 is 0. The smallest absolute Gasteiger partial charge is 0.223 e. The Balaban J connectivity index is 2.21. The molecule has 0 aromatic heterocycles. The molecule has 1 aliphatic carbocycles. The van der Waals surface area contributed by atoms with Crippen LogP contribution in [0.2, 0.25) is 0 Å². The first-order valence-corrected chi connectivity index (χ1v) is 7.37. The summed E-state index contributed by atoms with van der Waals surface area (Å²) >= 11 is 0. The summed E-state index contributed by atoms with van der Waals surface area (Å²) in [4.78, 5) is 16.2. The molecule has 0 unspecified atom stereocenters. The van der Waals surface area contributed by atoms with E-state index in [-0.39, 0.29) is 5.91 Å². The van der Waals surface area contributed by atoms with Gasteiger partial charge < -0.3 is 10.6 Å². The minimum atomic E-state index is 0.255. The zero-order valence-electron chi connectivity index (χ0n) is 12.0. The Bertz CT molecular complexity index is 241. The predicted molar refractivity (Wildman–Crippen MR) is 75.4 cm³/mol. The molecule has 0 aromatic rings. The number of hydrogen-bond acceptors (Lipinski definition) is 3. The van der Waals surface area contributed by atoms with Crippen molar-refractivity contribution < 1.29 is 4.79 Å². The lowest BCUT2D eigenvalue weighted by Gasteiger charge is -2.23. The number of unbranched alkanes of at least 4 members (excludes halogenated alkanes) is 1. The summed E-state index contributed by atoms with van der Waals surface area (Å²) in [6.07, 6.45) is 6.66. The van der Waals surface area contributed by atoms with Crippen LogP contribution in [-0.4, -0.2) is 55.0 Å². The van der Waals surface area contributed by atoms with Gasteiger partial charge in [-0.2, -0.15) is 0 Å². The van der Waals surface area contributed by atoms with Crippen LogP contribution in [-0.2, 0) is 4.79 Å². The molecule has 18 heavy (non-hydrogen) atoms. The maximum absolute atomic E-state index is 11.9. The van der Waals surface area contributed by atoms with E-state index in [9.17, 15) is 4.79 Å². The second kappa shape index (κ2) is 8.48. The monoisotopic (exact) mass is 255 g/mol. The molecule has 1 amide bonds. The molecule has 0 aliphatic heterocycles. The molecule has 0 aromatic carbocycles. The second-order valence-electron chi connectivity index (χ2n) is 5.33. The van der Waals surface area contributed by atoms with Gasteiger partial charge in [0.05, 0.1) is 0 Å². The van der Waals surface area contributed by atoms with Crippen LogP contribution in [0.3, 0.4) is 0 Å². The van der Waals surface area contributed by atoms with Crippen molar-refractivity contribution in [1.29, 1.82) is 0 Å². The first-order valence-electron chi connectivity index (χ1n) is 7.37. The van der Waals surface area contributed by atoms with E-state index in [1.807, 2.05) is 11.9 Å². The molecule has 2 N–H and O–H groups in total. The van der Waals surface area contributed by atoms with E-state index >= 15 is 0 Å². The highest BCUT2D eigenvalue weighted by atomic mass is 16.2. The average molecular weight is 255 g/mol. The van der Waals surface area contributed by atoms with Crippen LogP contribution in [0.1, 0.15) is 45.4 Å². The quantitative estimate of drug-likeness (QED) is 0.643. The van der Waals surface area contributed by atoms with Crippen molar-refractivity contribution in [3.63, 3.8) is 0 Å². The van der Waals surface area contributed by atoms with Gasteiger partial charge in [-0.1, -0.05) is 13.3 Å². The number of nitrogens with zero attached hydrogens (tertiary/aromatic N) is 2. The van der Waals surface area contributed by atoms with E-state index in [4.69, 9.17) is 5.73 Å². The molecule has 4 heteroatoms. The van der Waals surface area contributed by atoms with Crippen molar-refractivity contribution in [2.45, 2.75) is 51.5 Å². The molecule has 0 saturated heterocycles. The van der Waals surface area contributed by atoms with Gasteiger partial charge in [-0.15, -0.1) is 0 Å². The summed E-state index contributed by atoms with van der Waals surface area (Å²) in [5.74, 6) is 0.255. The van der Waals surface area contributed by atoms with Gasteiger partial charge in [-0.25, -0.2) is 0 Å². The predicted octanol–water partition coefficient (Wildman–Crippen LogP) is 1.45. The zero-order chi connectivity index (χ0) is 13.4. The summed E-state index contributed by atoms with van der Waals surface area (Å²) in [5, 5.41) is 0. The number of rotatable bonds is 10. The molecule has 4 nitrogen and oxygen atoms in total. The highest BCUT2D eigenvalue weighted by Crippen LogP contribution is 2.27. The van der Waals surface area contributed by atoms with Gasteiger partial charge in [0, 0.05) is 32.6 Å². The molecule has 1 rings (SSSR count). The molecule has 0 atom stereocenters. The van der Waals surface area contributed by atoms with Gasteiger partial charge in [-0.3, -0.25) is 9.69 Å². The molecule has 1 fully saturated rings. The van der Waals surface area contributed by atoms with Gasteiger partial charge >= 0.3 is 0 Å². The number of nitrogens with two attached hydrogens (primary N) is 1. The maximum atomic E-state index is 11.9. The van der Waals surface area contributed by atoms with Gasteiger partial charge in [0.25, 0.3) is 0 Å². The first-order chi connectivity index (χ1) is 8.69. The standard InChI is InChI=1S/C14H29N3O/c1-3-4-11-17(13-6-7-13)12-8-14(18)16(2)10-5-9-15/h13H,3-12,15H2,1-2H3. The Morgan fingerprint density at radius 3 is 2.50 bits per heavy atom. The molecule has 0 heterocycles. The van der Waals surface area contributed by atoms with Gasteiger partial charge in [0.1, 0.15) is 0 Å². The van der Waals surface area contributed by atoms with Gasteiger partial charge in [0.2, 0.25) is 5.91 Å². The lowest BCUT2D eigenvalue weighted by Crippen LogP contribution is -2.34. The summed E-state index contributed by atoms with van der Waals surface area (Å²) in [5.41, 5.74) is 5.46. The maximum Gasteiger partial charge on any atom is 0.223 e. The highest BCUT2D eigenvalue weighted by Gasteiger charge is 2.28. The third kappa shape index (κ3) is 5.83. The van der Waals surface area contributed by atoms with E-state index in [2.05, 4.69) is 11.8 Å². The fraction of sp³-hybridized carbons (Fsp3) is 0.929. The third-order valence-corrected chi connectivity index (χ3v) is 3.60. The van der Waals surface area contributed by atoms with E-state index in [1.165, 1.54) is 25.7 Å². The number of hydrogen-bond donors (Lipinski definition) is 1. The van der Waals surface area contributed by atoms with E-state index in [0.29, 0.717) is 13.0 Å². The van der Waals surface area contributed by atoms with Crippen molar-refractivity contribution in [2.24, 2.45) is 5.73 Å². The fourth-order valence-corrected chi connectivity index (χ4v) is 2.16. The molecular formula is C14H29N3O. The number of carbonyl (C=O) groups excluding carboxylic acids is 1. The molecule has 0 radical (unpaired) electrons. The number of amides is 1. The van der Waals surface area contributed by atoms with E-state index in [1.54, 1.807) is 0 Å². The topological polar surface area (TPSA) is 49.6 Å². The molecule has 0 bridgehead atoms. The van der Waals surface area contributed by atoms with E-state index in [0.717, 1.165) is 32.1 Å². The van der Waals surface area contributed by atoms with Crippen molar-refractivity contribution in [3.05, 3.63) is 0 Å². The number of carbonyl (C=O) groups is 1. The van der Waals surface area contributed by atoms with Crippen LogP contribution in [0.15, 0.2) is 0 Å². The highest BCUT2D eigenvalue weighted by molar-refractivity contribution is 5.76. The van der Waals surface area contributed by atoms with Crippen LogP contribution >= 0.6 is 0 Å². The van der Waals surface area contributed by atoms with Crippen LogP contribution in [0, 0.1) is 0 Å². The van der Waals surface area contributed by atoms with Crippen molar-refractivity contribution in [2.75, 3.05) is 33.2 Å². The van der Waals surface area contributed by atoms with Crippen LogP contribution < -0.4 is 5.73 Å². The van der Waals surface area contributed by atoms with Crippen molar-refractivity contribution >= 4 is 5.91 Å². The molecule has 1 aliphatic rings. The lowest BCUT2D eigenvalue weighted by molar-refractivity contribution is -0.130. The lowest BCUT2D eigenvalue weighted by atomic mass is 10.2. The minimum Gasteiger partial charge on any atom is -0.346 e. The van der Waals surface area contributed by atoms with Crippen LogP contribution in [0.25, 0.3) is 0 Å². The first kappa shape index (κ1) is 15.4. The Morgan fingerprint density at radius 2 is 1.94 bits per heavy atom. The van der Waals surface area contributed by atoms with E-state index < -0.39 is 0 Å². The third-order valence-electron chi connectivity index (χ3n) is 3.60. The zero-order valence-corrected chi connectivity index (χ0v) is 12.0. The second-order valence-corrected chi connectivity index (χ2v) is 5.33. The van der Waals surface area contributed by atoms with Crippen molar-refractivity contribution in [3.8, 4) is 0 Å². The Labute approximate surface area is 111 Å². The largest absolute Gasteiger partial charge is 0.346 e. The minimum absolute atomic E-state index is 0.255. The van der Waals surface area contributed by atoms with Crippen LogP contribution in [0.4, 0.5) is 0 Å². The Hall–Kier alpha value is -0.610. The van der Waals surface area contributed by atoms with Gasteiger partial charge in [0.15, 0.2) is 0 Å². The SMILES string of the molecule is CCCCN(CCC(=O)N(C)CCCN)C1CC1. The summed E-state index contributed by atoms with van der Waals surface area (Å²) in [6, 6.07) is 0.763. The molecular weight excluding hydrogens is 226 g/mol.